The fourth-order valence-corrected chi connectivity index (χ4v) is 4.90. The molecule has 3 aliphatic rings. The summed E-state index contributed by atoms with van der Waals surface area (Å²) < 4.78 is 1.12. The van der Waals surface area contributed by atoms with Crippen LogP contribution < -0.4 is 5.73 Å². The van der Waals surface area contributed by atoms with Crippen molar-refractivity contribution in [3.63, 3.8) is 0 Å². The van der Waals surface area contributed by atoms with E-state index in [0.29, 0.717) is 18.1 Å². The number of hydrogen-bond acceptors (Lipinski definition) is 4. The van der Waals surface area contributed by atoms with Crippen molar-refractivity contribution in [3.8, 4) is 0 Å². The maximum Gasteiger partial charge on any atom is 0.173 e. The third-order valence-electron chi connectivity index (χ3n) is 5.06. The number of carbonyl (C=O) groups is 1. The lowest BCUT2D eigenvalue weighted by Gasteiger charge is -2.44. The fourth-order valence-electron chi connectivity index (χ4n) is 3.84. The normalized spacial score (nSPS) is 28.1. The van der Waals surface area contributed by atoms with Crippen molar-refractivity contribution >= 4 is 32.9 Å². The van der Waals surface area contributed by atoms with E-state index in [9.17, 15) is 4.79 Å². The Balaban J connectivity index is 1.53. The monoisotopic (exact) mass is 300 g/mol. The summed E-state index contributed by atoms with van der Waals surface area (Å²) >= 11 is 1.59. The standard InChI is InChI=1S/C17H20N2OS/c18-14-2-1-12-8-17(21-16(12)9-14)15(20)7-13-10-19-5-3-11(13)4-6-19/h1-2,8-9,11,13H,3-7,10,18H2/t13-/m0/s1. The number of thiophene rings is 1. The number of rotatable bonds is 3. The van der Waals surface area contributed by atoms with Gasteiger partial charge in [-0.25, -0.2) is 0 Å². The smallest absolute Gasteiger partial charge is 0.173 e. The second kappa shape index (κ2) is 5.11. The number of anilines is 1. The highest BCUT2D eigenvalue weighted by Crippen LogP contribution is 2.36. The molecule has 1 atom stereocenters. The van der Waals surface area contributed by atoms with Gasteiger partial charge in [0.1, 0.15) is 0 Å². The second-order valence-corrected chi connectivity index (χ2v) is 7.52. The number of Topliss-reactive ketones (excluding diaryl/α,β-unsaturated/α-hetero) is 1. The molecule has 2 aromatic rings. The highest BCUT2D eigenvalue weighted by atomic mass is 32.1. The van der Waals surface area contributed by atoms with Crippen LogP contribution in [0.2, 0.25) is 0 Å². The van der Waals surface area contributed by atoms with E-state index in [0.717, 1.165) is 33.1 Å². The molecule has 0 saturated carbocycles. The third kappa shape index (κ3) is 2.47. The average Bonchev–Trinajstić information content (AvgIpc) is 2.91. The first kappa shape index (κ1) is 13.3. The number of carbonyl (C=O) groups excluding carboxylic acids is 1. The van der Waals surface area contributed by atoms with Gasteiger partial charge >= 0.3 is 0 Å². The Morgan fingerprint density at radius 3 is 2.81 bits per heavy atom. The Hall–Kier alpha value is -1.39. The van der Waals surface area contributed by atoms with Crippen molar-refractivity contribution in [1.29, 1.82) is 0 Å². The molecule has 1 aromatic heterocycles. The van der Waals surface area contributed by atoms with Crippen LogP contribution in [-0.4, -0.2) is 30.3 Å². The lowest BCUT2D eigenvalue weighted by atomic mass is 9.76. The van der Waals surface area contributed by atoms with Gasteiger partial charge in [0.15, 0.2) is 5.78 Å². The van der Waals surface area contributed by atoms with E-state index in [-0.39, 0.29) is 0 Å². The van der Waals surface area contributed by atoms with Crippen molar-refractivity contribution in [3.05, 3.63) is 29.1 Å². The lowest BCUT2D eigenvalue weighted by Crippen LogP contribution is -2.47. The van der Waals surface area contributed by atoms with Crippen LogP contribution in [0.5, 0.6) is 0 Å². The van der Waals surface area contributed by atoms with Crippen LogP contribution in [0.3, 0.4) is 0 Å². The van der Waals surface area contributed by atoms with Crippen LogP contribution in [0.4, 0.5) is 5.69 Å². The summed E-state index contributed by atoms with van der Waals surface area (Å²) in [5, 5.41) is 1.13. The molecule has 0 spiro atoms. The van der Waals surface area contributed by atoms with E-state index in [2.05, 4.69) is 4.90 Å². The van der Waals surface area contributed by atoms with Gasteiger partial charge in [-0.1, -0.05) is 6.07 Å². The topological polar surface area (TPSA) is 46.3 Å². The van der Waals surface area contributed by atoms with Crippen LogP contribution in [0.25, 0.3) is 10.1 Å². The van der Waals surface area contributed by atoms with Crippen LogP contribution >= 0.6 is 11.3 Å². The minimum Gasteiger partial charge on any atom is -0.399 e. The molecular formula is C17H20N2OS. The van der Waals surface area contributed by atoms with Gasteiger partial charge in [0, 0.05) is 23.4 Å². The number of nitrogen functional groups attached to an aromatic ring is 1. The molecule has 0 amide bonds. The summed E-state index contributed by atoms with van der Waals surface area (Å²) in [7, 11) is 0. The molecule has 21 heavy (non-hydrogen) atoms. The predicted octanol–water partition coefficient (Wildman–Crippen LogP) is 3.40. The molecule has 3 saturated heterocycles. The van der Waals surface area contributed by atoms with Crippen molar-refractivity contribution in [1.82, 2.24) is 4.90 Å². The first-order chi connectivity index (χ1) is 10.2. The number of hydrogen-bond donors (Lipinski definition) is 1. The van der Waals surface area contributed by atoms with E-state index >= 15 is 0 Å². The second-order valence-electron chi connectivity index (χ2n) is 6.43. The zero-order chi connectivity index (χ0) is 14.4. The van der Waals surface area contributed by atoms with Crippen LogP contribution in [-0.2, 0) is 0 Å². The van der Waals surface area contributed by atoms with Gasteiger partial charge in [0.25, 0.3) is 0 Å². The summed E-state index contributed by atoms with van der Waals surface area (Å²) in [6.45, 7) is 3.59. The molecule has 5 rings (SSSR count). The van der Waals surface area contributed by atoms with Gasteiger partial charge in [0.2, 0.25) is 0 Å². The number of ketones is 1. The molecule has 0 aliphatic carbocycles. The third-order valence-corrected chi connectivity index (χ3v) is 6.20. The molecule has 4 heteroatoms. The minimum atomic E-state index is 0.313. The molecule has 0 radical (unpaired) electrons. The van der Waals surface area contributed by atoms with Crippen LogP contribution in [0, 0.1) is 11.8 Å². The Bertz CT molecular complexity index is 685. The van der Waals surface area contributed by atoms with Crippen LogP contribution in [0.1, 0.15) is 28.9 Å². The van der Waals surface area contributed by atoms with Crippen molar-refractivity contribution < 1.29 is 4.79 Å². The minimum absolute atomic E-state index is 0.313. The van der Waals surface area contributed by atoms with Gasteiger partial charge in [-0.05, 0) is 61.4 Å². The number of fused-ring (bicyclic) bond motifs is 4. The predicted molar refractivity (Wildman–Crippen MR) is 87.8 cm³/mol. The first-order valence-corrected chi connectivity index (χ1v) is 8.55. The Morgan fingerprint density at radius 1 is 1.29 bits per heavy atom. The summed E-state index contributed by atoms with van der Waals surface area (Å²) in [6.07, 6.45) is 3.27. The zero-order valence-electron chi connectivity index (χ0n) is 12.0. The SMILES string of the molecule is Nc1ccc2cc(C(=O)C[C@H]3CN4CCC3CC4)sc2c1. The zero-order valence-corrected chi connectivity index (χ0v) is 12.9. The molecule has 110 valence electrons. The molecule has 3 fully saturated rings. The van der Waals surface area contributed by atoms with Crippen molar-refractivity contribution in [2.75, 3.05) is 25.4 Å². The highest BCUT2D eigenvalue weighted by Gasteiger charge is 2.35. The average molecular weight is 300 g/mol. The first-order valence-electron chi connectivity index (χ1n) is 7.73. The Morgan fingerprint density at radius 2 is 2.10 bits per heavy atom. The quantitative estimate of drug-likeness (QED) is 0.698. The van der Waals surface area contributed by atoms with E-state index < -0.39 is 0 Å². The van der Waals surface area contributed by atoms with Gasteiger partial charge < -0.3 is 10.6 Å². The number of benzene rings is 1. The van der Waals surface area contributed by atoms with Crippen LogP contribution in [0.15, 0.2) is 24.3 Å². The maximum absolute atomic E-state index is 12.6. The van der Waals surface area contributed by atoms with E-state index in [1.807, 2.05) is 24.3 Å². The highest BCUT2D eigenvalue weighted by molar-refractivity contribution is 7.20. The largest absolute Gasteiger partial charge is 0.399 e. The van der Waals surface area contributed by atoms with E-state index in [1.165, 1.54) is 25.9 Å². The fraction of sp³-hybridized carbons (Fsp3) is 0.471. The summed E-state index contributed by atoms with van der Waals surface area (Å²) in [6, 6.07) is 7.90. The van der Waals surface area contributed by atoms with Crippen molar-refractivity contribution in [2.24, 2.45) is 11.8 Å². The van der Waals surface area contributed by atoms with Gasteiger partial charge in [-0.2, -0.15) is 0 Å². The molecule has 0 unspecified atom stereocenters. The number of nitrogens with zero attached hydrogens (tertiary/aromatic N) is 1. The molecule has 2 bridgehead atoms. The molecule has 4 heterocycles. The summed E-state index contributed by atoms with van der Waals surface area (Å²) in [4.78, 5) is 16.0. The lowest BCUT2D eigenvalue weighted by molar-refractivity contribution is 0.0442. The van der Waals surface area contributed by atoms with Gasteiger partial charge in [-0.15, -0.1) is 11.3 Å². The summed E-state index contributed by atoms with van der Waals surface area (Å²) in [5.74, 6) is 1.65. The van der Waals surface area contributed by atoms with E-state index in [1.54, 1.807) is 11.3 Å². The van der Waals surface area contributed by atoms with Gasteiger partial charge in [-0.3, -0.25) is 4.79 Å². The molecule has 2 N–H and O–H groups in total. The molecule has 3 aliphatic heterocycles. The Kier molecular flexibility index (Phi) is 3.23. The van der Waals surface area contributed by atoms with Gasteiger partial charge in [0.05, 0.1) is 4.88 Å². The van der Waals surface area contributed by atoms with Crippen molar-refractivity contribution in [2.45, 2.75) is 19.3 Å². The number of nitrogens with two attached hydrogens (primary N) is 1. The number of piperidine rings is 3. The molecule has 3 nitrogen and oxygen atoms in total. The molecular weight excluding hydrogens is 280 g/mol. The summed E-state index contributed by atoms with van der Waals surface area (Å²) in [5.41, 5.74) is 6.58. The van der Waals surface area contributed by atoms with E-state index in [4.69, 9.17) is 5.73 Å². The Labute approximate surface area is 128 Å². The maximum atomic E-state index is 12.6. The molecule has 1 aromatic carbocycles.